The molecule has 3 nitrogen and oxygen atoms in total. The van der Waals surface area contributed by atoms with Crippen LogP contribution in [-0.4, -0.2) is 31.5 Å². The van der Waals surface area contributed by atoms with Crippen molar-refractivity contribution in [2.45, 2.75) is 19.2 Å². The third kappa shape index (κ3) is 5.38. The van der Waals surface area contributed by atoms with Crippen molar-refractivity contribution in [3.8, 4) is 0 Å². The van der Waals surface area contributed by atoms with Crippen LogP contribution in [0.15, 0.2) is 0 Å². The maximum Gasteiger partial charge on any atom is 0.325 e. The molecule has 1 unspecified atom stereocenters. The van der Waals surface area contributed by atoms with Gasteiger partial charge in [-0.25, -0.2) is 0 Å². The van der Waals surface area contributed by atoms with E-state index in [9.17, 15) is 4.79 Å². The van der Waals surface area contributed by atoms with E-state index in [1.54, 1.807) is 0 Å². The van der Waals surface area contributed by atoms with Crippen LogP contribution in [0.4, 0.5) is 0 Å². The van der Waals surface area contributed by atoms with Crippen molar-refractivity contribution in [2.75, 3.05) is 20.2 Å². The van der Waals surface area contributed by atoms with Gasteiger partial charge >= 0.3 is 5.97 Å². The second-order valence-electron chi connectivity index (χ2n) is 3.04. The number of nitrogens with one attached hydrogen (secondary N) is 1. The summed E-state index contributed by atoms with van der Waals surface area (Å²) in [7, 11) is 1.33. The highest BCUT2D eigenvalue weighted by molar-refractivity contribution is 6.30. The normalized spacial score (nSPS) is 13.1. The Bertz CT molecular complexity index is 139. The first-order chi connectivity index (χ1) is 5.57. The molecule has 12 heavy (non-hydrogen) atoms. The summed E-state index contributed by atoms with van der Waals surface area (Å²) in [6.07, 6.45) is 0. The smallest absolute Gasteiger partial charge is 0.325 e. The van der Waals surface area contributed by atoms with Crippen LogP contribution < -0.4 is 5.32 Å². The lowest BCUT2D eigenvalue weighted by Crippen LogP contribution is -2.32. The van der Waals surface area contributed by atoms with Crippen molar-refractivity contribution >= 4 is 17.6 Å². The van der Waals surface area contributed by atoms with E-state index < -0.39 is 5.38 Å². The Morgan fingerprint density at radius 3 is 2.50 bits per heavy atom. The van der Waals surface area contributed by atoms with Crippen LogP contribution in [0.5, 0.6) is 0 Å². The SMILES string of the molecule is COC(=O)C(Cl)CNCC(C)C. The molecule has 0 rings (SSSR count). The van der Waals surface area contributed by atoms with E-state index in [0.29, 0.717) is 12.5 Å². The number of hydrogen-bond donors (Lipinski definition) is 1. The van der Waals surface area contributed by atoms with Crippen LogP contribution in [0, 0.1) is 5.92 Å². The molecule has 1 N–H and O–H groups in total. The fraction of sp³-hybridized carbons (Fsp3) is 0.875. The minimum atomic E-state index is -0.575. The standard InChI is InChI=1S/C8H16ClNO2/c1-6(2)4-10-5-7(9)8(11)12-3/h6-7,10H,4-5H2,1-3H3. The summed E-state index contributed by atoms with van der Waals surface area (Å²) in [5.41, 5.74) is 0. The summed E-state index contributed by atoms with van der Waals surface area (Å²) in [6.45, 7) is 5.51. The molecule has 0 saturated carbocycles. The number of methoxy groups -OCH3 is 1. The molecule has 1 atom stereocenters. The minimum absolute atomic E-state index is 0.382. The van der Waals surface area contributed by atoms with Gasteiger partial charge in [0.25, 0.3) is 0 Å². The predicted octanol–water partition coefficient (Wildman–Crippen LogP) is 1.01. The molecular weight excluding hydrogens is 178 g/mol. The van der Waals surface area contributed by atoms with E-state index in [4.69, 9.17) is 11.6 Å². The number of alkyl halides is 1. The maximum atomic E-state index is 10.8. The van der Waals surface area contributed by atoms with Gasteiger partial charge in [-0.3, -0.25) is 4.79 Å². The highest BCUT2D eigenvalue weighted by atomic mass is 35.5. The number of carbonyl (C=O) groups is 1. The van der Waals surface area contributed by atoms with Crippen LogP contribution >= 0.6 is 11.6 Å². The monoisotopic (exact) mass is 193 g/mol. The molecule has 0 spiro atoms. The Labute approximate surface area is 78.4 Å². The molecule has 0 aliphatic rings. The molecule has 0 aromatic rings. The third-order valence-electron chi connectivity index (χ3n) is 1.33. The van der Waals surface area contributed by atoms with Gasteiger partial charge in [-0.15, -0.1) is 11.6 Å². The third-order valence-corrected chi connectivity index (χ3v) is 1.67. The zero-order chi connectivity index (χ0) is 9.56. The molecule has 0 saturated heterocycles. The summed E-state index contributed by atoms with van der Waals surface area (Å²) in [5.74, 6) is 0.180. The molecule has 0 aliphatic carbocycles. The Hall–Kier alpha value is -0.280. The molecule has 0 aromatic carbocycles. The molecule has 0 heterocycles. The van der Waals surface area contributed by atoms with Gasteiger partial charge in [0.1, 0.15) is 5.38 Å². The van der Waals surface area contributed by atoms with Crippen LogP contribution in [0.3, 0.4) is 0 Å². The van der Waals surface area contributed by atoms with Gasteiger partial charge in [-0.2, -0.15) is 0 Å². The fourth-order valence-corrected chi connectivity index (χ4v) is 0.908. The number of ether oxygens (including phenoxy) is 1. The summed E-state index contributed by atoms with van der Waals surface area (Å²) in [5, 5.41) is 2.49. The Morgan fingerprint density at radius 1 is 1.50 bits per heavy atom. The minimum Gasteiger partial charge on any atom is -0.468 e. The van der Waals surface area contributed by atoms with E-state index in [2.05, 4.69) is 23.9 Å². The van der Waals surface area contributed by atoms with Gasteiger partial charge in [-0.05, 0) is 12.5 Å². The van der Waals surface area contributed by atoms with E-state index in [1.807, 2.05) is 0 Å². The topological polar surface area (TPSA) is 38.3 Å². The number of rotatable bonds is 5. The lowest BCUT2D eigenvalue weighted by molar-refractivity contribution is -0.140. The van der Waals surface area contributed by atoms with Gasteiger partial charge in [0, 0.05) is 6.54 Å². The van der Waals surface area contributed by atoms with Crippen molar-refractivity contribution in [1.82, 2.24) is 5.32 Å². The van der Waals surface area contributed by atoms with E-state index >= 15 is 0 Å². The van der Waals surface area contributed by atoms with Crippen molar-refractivity contribution in [3.05, 3.63) is 0 Å². The summed E-state index contributed by atoms with van der Waals surface area (Å²) in [6, 6.07) is 0. The Kier molecular flexibility index (Phi) is 6.11. The highest BCUT2D eigenvalue weighted by Crippen LogP contribution is 1.97. The number of hydrogen-bond acceptors (Lipinski definition) is 3. The first-order valence-corrected chi connectivity index (χ1v) is 4.44. The van der Waals surface area contributed by atoms with Crippen LogP contribution in [0.1, 0.15) is 13.8 Å². The zero-order valence-electron chi connectivity index (χ0n) is 7.76. The largest absolute Gasteiger partial charge is 0.468 e. The van der Waals surface area contributed by atoms with Crippen LogP contribution in [0.2, 0.25) is 0 Å². The summed E-state index contributed by atoms with van der Waals surface area (Å²) < 4.78 is 4.46. The predicted molar refractivity (Wildman–Crippen MR) is 49.4 cm³/mol. The van der Waals surface area contributed by atoms with Gasteiger partial charge in [0.05, 0.1) is 7.11 Å². The lowest BCUT2D eigenvalue weighted by Gasteiger charge is -2.10. The highest BCUT2D eigenvalue weighted by Gasteiger charge is 2.14. The second-order valence-corrected chi connectivity index (χ2v) is 3.57. The molecule has 0 radical (unpaired) electrons. The molecule has 0 bridgehead atoms. The first kappa shape index (κ1) is 11.7. The van der Waals surface area contributed by atoms with Gasteiger partial charge in [0.2, 0.25) is 0 Å². The second kappa shape index (κ2) is 6.26. The zero-order valence-corrected chi connectivity index (χ0v) is 8.52. The molecule has 72 valence electrons. The molecule has 0 aliphatic heterocycles. The average Bonchev–Trinajstić information content (AvgIpc) is 2.02. The van der Waals surface area contributed by atoms with Crippen LogP contribution in [0.25, 0.3) is 0 Å². The van der Waals surface area contributed by atoms with Gasteiger partial charge in [0.15, 0.2) is 0 Å². The van der Waals surface area contributed by atoms with Crippen molar-refractivity contribution in [2.24, 2.45) is 5.92 Å². The van der Waals surface area contributed by atoms with Crippen molar-refractivity contribution < 1.29 is 9.53 Å². The van der Waals surface area contributed by atoms with E-state index in [1.165, 1.54) is 7.11 Å². The van der Waals surface area contributed by atoms with Crippen molar-refractivity contribution in [3.63, 3.8) is 0 Å². The van der Waals surface area contributed by atoms with E-state index in [-0.39, 0.29) is 5.97 Å². The van der Waals surface area contributed by atoms with Crippen LogP contribution in [-0.2, 0) is 9.53 Å². The molecular formula is C8H16ClNO2. The Balaban J connectivity index is 3.43. The maximum absolute atomic E-state index is 10.8. The molecule has 0 fully saturated rings. The first-order valence-electron chi connectivity index (χ1n) is 4.00. The molecule has 0 amide bonds. The number of carbonyl (C=O) groups excluding carboxylic acids is 1. The van der Waals surface area contributed by atoms with Gasteiger partial charge in [-0.1, -0.05) is 13.8 Å². The fourth-order valence-electron chi connectivity index (χ4n) is 0.710. The number of esters is 1. The summed E-state index contributed by atoms with van der Waals surface area (Å²) in [4.78, 5) is 10.8. The number of halogens is 1. The summed E-state index contributed by atoms with van der Waals surface area (Å²) >= 11 is 5.68. The Morgan fingerprint density at radius 2 is 2.08 bits per heavy atom. The van der Waals surface area contributed by atoms with Crippen molar-refractivity contribution in [1.29, 1.82) is 0 Å². The lowest BCUT2D eigenvalue weighted by atomic mass is 10.2. The van der Waals surface area contributed by atoms with E-state index in [0.717, 1.165) is 6.54 Å². The molecule has 4 heteroatoms. The quantitative estimate of drug-likeness (QED) is 0.523. The van der Waals surface area contributed by atoms with Gasteiger partial charge < -0.3 is 10.1 Å². The molecule has 0 aromatic heterocycles. The average molecular weight is 194 g/mol.